The van der Waals surface area contributed by atoms with Crippen LogP contribution in [0.25, 0.3) is 10.2 Å². The van der Waals surface area contributed by atoms with E-state index in [1.807, 2.05) is 18.2 Å². The lowest BCUT2D eigenvalue weighted by Crippen LogP contribution is -2.41. The zero-order chi connectivity index (χ0) is 17.4. The monoisotopic (exact) mass is 426 g/mol. The number of para-hydroxylation sites is 1. The van der Waals surface area contributed by atoms with Gasteiger partial charge in [-0.25, -0.2) is 4.98 Å². The Morgan fingerprint density at radius 2 is 1.75 bits per heavy atom. The highest BCUT2D eigenvalue weighted by Crippen LogP contribution is 2.38. The molecule has 3 rings (SSSR count). The Morgan fingerprint density at radius 1 is 1.12 bits per heavy atom. The van der Waals surface area contributed by atoms with Gasteiger partial charge in [-0.1, -0.05) is 53.8 Å². The van der Waals surface area contributed by atoms with Crippen molar-refractivity contribution in [2.24, 2.45) is 0 Å². The predicted octanol–water partition coefficient (Wildman–Crippen LogP) is 3.37. The number of benzene rings is 2. The van der Waals surface area contributed by atoms with E-state index < -0.39 is 19.7 Å². The summed E-state index contributed by atoms with van der Waals surface area (Å²) in [6, 6.07) is 14.9. The number of alkyl halides is 1. The molecule has 0 aliphatic carbocycles. The third-order valence-electron chi connectivity index (χ3n) is 3.31. The maximum absolute atomic E-state index is 12.6. The van der Waals surface area contributed by atoms with Crippen molar-refractivity contribution in [1.29, 1.82) is 0 Å². The fourth-order valence-electron chi connectivity index (χ4n) is 2.15. The van der Waals surface area contributed by atoms with E-state index in [2.05, 4.69) is 26.2 Å². The van der Waals surface area contributed by atoms with E-state index in [0.29, 0.717) is 5.52 Å². The van der Waals surface area contributed by atoms with E-state index in [9.17, 15) is 17.8 Å². The molecule has 1 aromatic heterocycles. The predicted molar refractivity (Wildman–Crippen MR) is 96.8 cm³/mol. The van der Waals surface area contributed by atoms with Crippen molar-refractivity contribution in [2.75, 3.05) is 5.32 Å². The number of carbonyl (C=O) groups excluding carboxylic acids is 1. The van der Waals surface area contributed by atoms with Crippen LogP contribution in [0.1, 0.15) is 5.56 Å². The number of amides is 1. The molecule has 1 amide bonds. The minimum Gasteiger partial charge on any atom is -0.299 e. The summed E-state index contributed by atoms with van der Waals surface area (Å²) in [7, 11) is -4.79. The van der Waals surface area contributed by atoms with E-state index in [1.54, 1.807) is 24.3 Å². The summed E-state index contributed by atoms with van der Waals surface area (Å²) in [5.74, 6) is -0.949. The second-order valence-corrected chi connectivity index (χ2v) is 9.18. The molecule has 3 aromatic rings. The summed E-state index contributed by atoms with van der Waals surface area (Å²) in [6.07, 6.45) is 0. The van der Waals surface area contributed by atoms with Crippen molar-refractivity contribution in [1.82, 2.24) is 4.98 Å². The molecule has 0 radical (unpaired) electrons. The van der Waals surface area contributed by atoms with Crippen LogP contribution < -0.4 is 5.32 Å². The van der Waals surface area contributed by atoms with Crippen LogP contribution in [0.2, 0.25) is 0 Å². The first-order valence-corrected chi connectivity index (χ1v) is 9.76. The Morgan fingerprint density at radius 3 is 2.38 bits per heavy atom. The summed E-state index contributed by atoms with van der Waals surface area (Å²) in [5, 5.41) is 2.70. The molecule has 0 saturated carbocycles. The minimum absolute atomic E-state index is 0.0890. The largest absolute Gasteiger partial charge is 0.299 e. The number of hydrogen-bond donors (Lipinski definition) is 2. The van der Waals surface area contributed by atoms with Crippen LogP contribution in [-0.2, 0) is 18.6 Å². The van der Waals surface area contributed by atoms with Crippen LogP contribution in [0.4, 0.5) is 5.13 Å². The zero-order valence-electron chi connectivity index (χ0n) is 12.0. The summed E-state index contributed by atoms with van der Waals surface area (Å²) >= 11 is 4.11. The molecule has 24 heavy (non-hydrogen) atoms. The number of hydrogen-bond acceptors (Lipinski definition) is 5. The first-order chi connectivity index (χ1) is 11.3. The molecule has 1 unspecified atom stereocenters. The van der Waals surface area contributed by atoms with Crippen molar-refractivity contribution in [2.45, 2.75) is 3.66 Å². The molecular formula is C15H11BrN2O4S2. The second kappa shape index (κ2) is 6.25. The lowest BCUT2D eigenvalue weighted by molar-refractivity contribution is -0.116. The van der Waals surface area contributed by atoms with Crippen molar-refractivity contribution < 1.29 is 17.8 Å². The molecular weight excluding hydrogens is 416 g/mol. The third kappa shape index (κ3) is 2.95. The van der Waals surface area contributed by atoms with Crippen LogP contribution in [0.3, 0.4) is 0 Å². The fourth-order valence-corrected chi connectivity index (χ4v) is 4.10. The van der Waals surface area contributed by atoms with Crippen molar-refractivity contribution in [3.05, 3.63) is 60.2 Å². The number of fused-ring (bicyclic) bond motifs is 1. The van der Waals surface area contributed by atoms with Gasteiger partial charge in [-0.3, -0.25) is 14.7 Å². The van der Waals surface area contributed by atoms with E-state index in [1.165, 1.54) is 23.5 Å². The van der Waals surface area contributed by atoms with Crippen LogP contribution in [0.15, 0.2) is 54.6 Å². The lowest BCUT2D eigenvalue weighted by atomic mass is 10.1. The molecule has 6 nitrogen and oxygen atoms in total. The van der Waals surface area contributed by atoms with Gasteiger partial charge in [0.25, 0.3) is 19.7 Å². The molecule has 0 aliphatic rings. The lowest BCUT2D eigenvalue weighted by Gasteiger charge is -2.22. The Hall–Kier alpha value is -1.81. The van der Waals surface area contributed by atoms with Gasteiger partial charge in [-0.15, -0.1) is 0 Å². The highest BCUT2D eigenvalue weighted by Gasteiger charge is 2.50. The van der Waals surface area contributed by atoms with Gasteiger partial charge in [0, 0.05) is 0 Å². The average Bonchev–Trinajstić information content (AvgIpc) is 2.95. The van der Waals surface area contributed by atoms with Crippen molar-refractivity contribution in [3.8, 4) is 0 Å². The minimum atomic E-state index is -4.79. The van der Waals surface area contributed by atoms with Crippen molar-refractivity contribution in [3.63, 3.8) is 0 Å². The zero-order valence-corrected chi connectivity index (χ0v) is 15.2. The molecule has 124 valence electrons. The quantitative estimate of drug-likeness (QED) is 0.492. The van der Waals surface area contributed by atoms with Gasteiger partial charge in [-0.2, -0.15) is 8.42 Å². The van der Waals surface area contributed by atoms with E-state index in [4.69, 9.17) is 0 Å². The molecule has 2 N–H and O–H groups in total. The Bertz CT molecular complexity index is 972. The maximum Gasteiger partial charge on any atom is 0.294 e. The molecule has 0 bridgehead atoms. The number of nitrogens with zero attached hydrogens (tertiary/aromatic N) is 1. The van der Waals surface area contributed by atoms with Gasteiger partial charge in [0.1, 0.15) is 0 Å². The van der Waals surface area contributed by atoms with Gasteiger partial charge < -0.3 is 0 Å². The normalized spacial score (nSPS) is 14.2. The average molecular weight is 427 g/mol. The third-order valence-corrected chi connectivity index (χ3v) is 7.44. The molecule has 0 fully saturated rings. The Balaban J connectivity index is 2.01. The molecule has 1 atom stereocenters. The van der Waals surface area contributed by atoms with E-state index in [0.717, 1.165) is 4.70 Å². The number of anilines is 1. The van der Waals surface area contributed by atoms with Crippen molar-refractivity contribution >= 4 is 58.6 Å². The van der Waals surface area contributed by atoms with Crippen LogP contribution in [0, 0.1) is 0 Å². The summed E-state index contributed by atoms with van der Waals surface area (Å²) < 4.78 is 31.9. The first kappa shape index (κ1) is 17.0. The molecule has 1 heterocycles. The van der Waals surface area contributed by atoms with E-state index in [-0.39, 0.29) is 10.7 Å². The van der Waals surface area contributed by atoms with Crippen LogP contribution >= 0.6 is 27.3 Å². The number of halogens is 1. The van der Waals surface area contributed by atoms with Crippen LogP contribution in [0.5, 0.6) is 0 Å². The Kier molecular flexibility index (Phi) is 4.43. The summed E-state index contributed by atoms with van der Waals surface area (Å²) in [4.78, 5) is 16.9. The standard InChI is InChI=1S/C15H11BrN2O4S2/c16-15(24(20,21)22,10-6-2-1-3-7-10)13(19)18-14-17-11-8-4-5-9-12(11)23-14/h1-9H,(H,17,18,19)(H,20,21,22). The molecule has 0 saturated heterocycles. The van der Waals surface area contributed by atoms with Gasteiger partial charge in [0.05, 0.1) is 10.2 Å². The van der Waals surface area contributed by atoms with Crippen LogP contribution in [-0.4, -0.2) is 23.9 Å². The maximum atomic E-state index is 12.6. The highest BCUT2D eigenvalue weighted by molar-refractivity contribution is 9.11. The number of nitrogens with one attached hydrogen (secondary N) is 1. The topological polar surface area (TPSA) is 96.4 Å². The van der Waals surface area contributed by atoms with Gasteiger partial charge in [0.15, 0.2) is 5.13 Å². The SMILES string of the molecule is O=C(Nc1nc2ccccc2s1)C(Br)(c1ccccc1)S(=O)(=O)O. The number of carbonyl (C=O) groups is 1. The molecule has 2 aromatic carbocycles. The highest BCUT2D eigenvalue weighted by atomic mass is 79.9. The first-order valence-electron chi connectivity index (χ1n) is 6.71. The molecule has 0 spiro atoms. The molecule has 0 aliphatic heterocycles. The fraction of sp³-hybridized carbons (Fsp3) is 0.0667. The van der Waals surface area contributed by atoms with Gasteiger partial charge in [0.2, 0.25) is 0 Å². The summed E-state index contributed by atoms with van der Waals surface area (Å²) in [6.45, 7) is 0. The summed E-state index contributed by atoms with van der Waals surface area (Å²) in [5.41, 5.74) is 0.774. The van der Waals surface area contributed by atoms with E-state index >= 15 is 0 Å². The van der Waals surface area contributed by atoms with Gasteiger partial charge in [-0.05, 0) is 33.6 Å². The molecule has 9 heteroatoms. The smallest absolute Gasteiger partial charge is 0.294 e. The number of aromatic nitrogens is 1. The number of rotatable bonds is 4. The number of thiazole rings is 1. The second-order valence-electron chi connectivity index (χ2n) is 4.88. The Labute approximate surface area is 150 Å². The van der Waals surface area contributed by atoms with Gasteiger partial charge >= 0.3 is 0 Å².